The van der Waals surface area contributed by atoms with Crippen LogP contribution in [0, 0.1) is 19.8 Å². The van der Waals surface area contributed by atoms with E-state index in [9.17, 15) is 18.0 Å². The molecule has 8 nitrogen and oxygen atoms in total. The molecule has 9 heteroatoms. The predicted molar refractivity (Wildman–Crippen MR) is 158 cm³/mol. The highest BCUT2D eigenvalue weighted by Crippen LogP contribution is 2.27. The molecule has 2 amide bonds. The van der Waals surface area contributed by atoms with Gasteiger partial charge in [-0.3, -0.25) is 13.9 Å². The summed E-state index contributed by atoms with van der Waals surface area (Å²) in [5.41, 5.74) is 3.12. The molecule has 3 rings (SSSR count). The molecule has 0 saturated carbocycles. The van der Waals surface area contributed by atoms with Crippen LogP contribution in [0.4, 0.5) is 5.69 Å². The van der Waals surface area contributed by atoms with E-state index in [0.29, 0.717) is 18.0 Å². The average molecular weight is 566 g/mol. The van der Waals surface area contributed by atoms with Crippen LogP contribution in [-0.4, -0.2) is 51.4 Å². The van der Waals surface area contributed by atoms with Gasteiger partial charge in [-0.1, -0.05) is 61.4 Å². The number of anilines is 1. The number of hydrogen-bond donors (Lipinski definition) is 1. The lowest BCUT2D eigenvalue weighted by atomic mass is 10.1. The van der Waals surface area contributed by atoms with E-state index >= 15 is 0 Å². The average Bonchev–Trinajstić information content (AvgIpc) is 2.94. The van der Waals surface area contributed by atoms with Crippen LogP contribution in [0.5, 0.6) is 5.75 Å². The summed E-state index contributed by atoms with van der Waals surface area (Å²) in [6.45, 7) is 9.61. The molecule has 0 aliphatic rings. The molecule has 0 fully saturated rings. The fraction of sp³-hybridized carbons (Fsp3) is 0.355. The molecule has 0 aliphatic carbocycles. The Kier molecular flexibility index (Phi) is 10.3. The fourth-order valence-electron chi connectivity index (χ4n) is 4.04. The quantitative estimate of drug-likeness (QED) is 0.344. The Morgan fingerprint density at radius 2 is 1.40 bits per heavy atom. The van der Waals surface area contributed by atoms with Gasteiger partial charge in [0.25, 0.3) is 10.0 Å². The Labute approximate surface area is 238 Å². The minimum absolute atomic E-state index is 0.0644. The van der Waals surface area contributed by atoms with Crippen molar-refractivity contribution < 1.29 is 22.7 Å². The van der Waals surface area contributed by atoms with Gasteiger partial charge in [-0.05, 0) is 68.7 Å². The highest BCUT2D eigenvalue weighted by Gasteiger charge is 2.32. The van der Waals surface area contributed by atoms with Crippen molar-refractivity contribution in [2.24, 2.45) is 5.92 Å². The lowest BCUT2D eigenvalue weighted by Gasteiger charge is -2.32. The molecule has 1 atom stereocenters. The predicted octanol–water partition coefficient (Wildman–Crippen LogP) is 4.70. The lowest BCUT2D eigenvalue weighted by molar-refractivity contribution is -0.139. The van der Waals surface area contributed by atoms with Crippen molar-refractivity contribution in [1.82, 2.24) is 10.2 Å². The van der Waals surface area contributed by atoms with Crippen LogP contribution in [0.25, 0.3) is 0 Å². The van der Waals surface area contributed by atoms with Gasteiger partial charge in [-0.25, -0.2) is 8.42 Å². The summed E-state index contributed by atoms with van der Waals surface area (Å²) in [6.07, 6.45) is 0. The van der Waals surface area contributed by atoms with Crippen molar-refractivity contribution in [3.05, 3.63) is 89.5 Å². The Bertz CT molecular complexity index is 1390. The van der Waals surface area contributed by atoms with E-state index in [1.165, 1.54) is 24.1 Å². The normalized spacial score (nSPS) is 12.1. The molecule has 0 heterocycles. The molecule has 40 heavy (non-hydrogen) atoms. The zero-order valence-electron chi connectivity index (χ0n) is 24.0. The number of carbonyl (C=O) groups is 2. The molecule has 0 radical (unpaired) electrons. The number of amides is 2. The molecule has 1 N–H and O–H groups in total. The van der Waals surface area contributed by atoms with Crippen molar-refractivity contribution in [2.75, 3.05) is 24.5 Å². The number of nitrogens with zero attached hydrogens (tertiary/aromatic N) is 2. The third-order valence-corrected chi connectivity index (χ3v) is 8.36. The highest BCUT2D eigenvalue weighted by atomic mass is 32.2. The van der Waals surface area contributed by atoms with Gasteiger partial charge in [-0.2, -0.15) is 0 Å². The van der Waals surface area contributed by atoms with Crippen LogP contribution in [0.3, 0.4) is 0 Å². The van der Waals surface area contributed by atoms with Crippen molar-refractivity contribution in [2.45, 2.75) is 52.1 Å². The summed E-state index contributed by atoms with van der Waals surface area (Å²) >= 11 is 0. The largest absolute Gasteiger partial charge is 0.497 e. The topological polar surface area (TPSA) is 96.0 Å². The molecular weight excluding hydrogens is 526 g/mol. The van der Waals surface area contributed by atoms with Crippen LogP contribution in [0.1, 0.15) is 37.5 Å². The number of methoxy groups -OCH3 is 1. The molecule has 0 spiro atoms. The van der Waals surface area contributed by atoms with Gasteiger partial charge >= 0.3 is 0 Å². The molecule has 3 aromatic rings. The van der Waals surface area contributed by atoms with E-state index in [-0.39, 0.29) is 23.3 Å². The van der Waals surface area contributed by atoms with Crippen molar-refractivity contribution in [1.29, 1.82) is 0 Å². The third kappa shape index (κ3) is 7.85. The van der Waals surface area contributed by atoms with E-state index in [2.05, 4.69) is 5.32 Å². The van der Waals surface area contributed by atoms with Crippen molar-refractivity contribution in [3.63, 3.8) is 0 Å². The molecule has 0 aliphatic heterocycles. The monoisotopic (exact) mass is 565 g/mol. The van der Waals surface area contributed by atoms with Crippen LogP contribution >= 0.6 is 0 Å². The molecule has 3 aromatic carbocycles. The molecular formula is C31H39N3O5S. The van der Waals surface area contributed by atoms with Gasteiger partial charge in [0, 0.05) is 13.1 Å². The number of rotatable bonds is 12. The van der Waals surface area contributed by atoms with Gasteiger partial charge in [0.05, 0.1) is 17.7 Å². The van der Waals surface area contributed by atoms with Gasteiger partial charge in [-0.15, -0.1) is 0 Å². The molecule has 0 aromatic heterocycles. The standard InChI is InChI=1S/C31H39N3O5S/c1-22(2)19-32-31(36)25(5)33(20-26-11-7-23(3)8-12-26)30(35)21-34(27-13-15-28(39-6)16-14-27)40(37,38)29-17-9-24(4)10-18-29/h7-18,22,25H,19-21H2,1-6H3,(H,32,36)/t25-/m1/s1. The third-order valence-electron chi connectivity index (χ3n) is 6.57. The smallest absolute Gasteiger partial charge is 0.264 e. The second-order valence-electron chi connectivity index (χ2n) is 10.3. The van der Waals surface area contributed by atoms with E-state index in [4.69, 9.17) is 4.74 Å². The summed E-state index contributed by atoms with van der Waals surface area (Å²) < 4.78 is 34.1. The van der Waals surface area contributed by atoms with Gasteiger partial charge < -0.3 is 15.0 Å². The summed E-state index contributed by atoms with van der Waals surface area (Å²) in [5.74, 6) is -0.00681. The maximum atomic E-state index is 14.0. The van der Waals surface area contributed by atoms with Crippen molar-refractivity contribution in [3.8, 4) is 5.75 Å². The number of nitrogens with one attached hydrogen (secondary N) is 1. The van der Waals surface area contributed by atoms with Crippen LogP contribution in [-0.2, 0) is 26.2 Å². The summed E-state index contributed by atoms with van der Waals surface area (Å²) in [7, 11) is -2.60. The zero-order chi connectivity index (χ0) is 29.4. The molecule has 0 saturated heterocycles. The Morgan fingerprint density at radius 1 is 0.850 bits per heavy atom. The highest BCUT2D eigenvalue weighted by molar-refractivity contribution is 7.92. The summed E-state index contributed by atoms with van der Waals surface area (Å²) in [6, 6.07) is 19.8. The van der Waals surface area contributed by atoms with E-state index in [1.807, 2.05) is 52.0 Å². The Morgan fingerprint density at radius 3 is 1.93 bits per heavy atom. The fourth-order valence-corrected chi connectivity index (χ4v) is 5.45. The Hall–Kier alpha value is -3.85. The van der Waals surface area contributed by atoms with Gasteiger partial charge in [0.1, 0.15) is 18.3 Å². The minimum atomic E-state index is -4.12. The van der Waals surface area contributed by atoms with Crippen LogP contribution in [0.2, 0.25) is 0 Å². The first-order valence-corrected chi connectivity index (χ1v) is 14.7. The molecule has 0 unspecified atom stereocenters. The van der Waals surface area contributed by atoms with Gasteiger partial charge in [0.2, 0.25) is 11.8 Å². The summed E-state index contributed by atoms with van der Waals surface area (Å²) in [4.78, 5) is 28.5. The van der Waals surface area contributed by atoms with Crippen molar-refractivity contribution >= 4 is 27.5 Å². The number of sulfonamides is 1. The summed E-state index contributed by atoms with van der Waals surface area (Å²) in [5, 5.41) is 2.89. The molecule has 214 valence electrons. The van der Waals surface area contributed by atoms with E-state index in [0.717, 1.165) is 21.0 Å². The number of benzene rings is 3. The maximum absolute atomic E-state index is 14.0. The number of aryl methyl sites for hydroxylation is 2. The maximum Gasteiger partial charge on any atom is 0.264 e. The van der Waals surface area contributed by atoms with Crippen LogP contribution in [0.15, 0.2) is 77.7 Å². The first-order valence-electron chi connectivity index (χ1n) is 13.3. The number of hydrogen-bond acceptors (Lipinski definition) is 5. The zero-order valence-corrected chi connectivity index (χ0v) is 24.9. The second-order valence-corrected chi connectivity index (χ2v) is 12.2. The lowest BCUT2D eigenvalue weighted by Crippen LogP contribution is -2.51. The minimum Gasteiger partial charge on any atom is -0.497 e. The van der Waals surface area contributed by atoms with Crippen LogP contribution < -0.4 is 14.4 Å². The van der Waals surface area contributed by atoms with E-state index in [1.54, 1.807) is 43.3 Å². The molecule has 0 bridgehead atoms. The number of carbonyl (C=O) groups excluding carboxylic acids is 2. The van der Waals surface area contributed by atoms with Gasteiger partial charge in [0.15, 0.2) is 0 Å². The first kappa shape index (κ1) is 30.7. The SMILES string of the molecule is COc1ccc(N(CC(=O)N(Cc2ccc(C)cc2)[C@H](C)C(=O)NCC(C)C)S(=O)(=O)c2ccc(C)cc2)cc1. The second kappa shape index (κ2) is 13.5. The Balaban J connectivity index is 2.01. The van der Waals surface area contributed by atoms with E-state index < -0.39 is 28.5 Å². The first-order chi connectivity index (χ1) is 18.9. The number of ether oxygens (including phenoxy) is 1.